The van der Waals surface area contributed by atoms with E-state index in [1.807, 2.05) is 0 Å². The van der Waals surface area contributed by atoms with E-state index in [2.05, 4.69) is 10.4 Å². The number of carboxylic acid groups (broad SMARTS) is 1. The van der Waals surface area contributed by atoms with Crippen LogP contribution in [0.2, 0.25) is 0 Å². The first-order valence-electron chi connectivity index (χ1n) is 11.2. The summed E-state index contributed by atoms with van der Waals surface area (Å²) in [6.45, 7) is 4.73. The van der Waals surface area contributed by atoms with Gasteiger partial charge in [0.2, 0.25) is 12.2 Å². The molecule has 2 rings (SSSR count). The number of halogens is 5. The van der Waals surface area contributed by atoms with Gasteiger partial charge in [0, 0.05) is 18.7 Å². The average molecular weight is 543 g/mol. The molecule has 0 aliphatic heterocycles. The Morgan fingerprint density at radius 3 is 2.53 bits per heavy atom. The minimum absolute atomic E-state index is 0.0877. The fourth-order valence-electron chi connectivity index (χ4n) is 3.47. The molecule has 8 nitrogen and oxygen atoms in total. The molecule has 0 bridgehead atoms. The molecule has 206 valence electrons. The van der Waals surface area contributed by atoms with Crippen molar-refractivity contribution in [3.63, 3.8) is 0 Å². The number of rotatable bonds is 10. The van der Waals surface area contributed by atoms with Gasteiger partial charge in [-0.2, -0.15) is 18.3 Å². The first-order valence-corrected chi connectivity index (χ1v) is 11.2. The van der Waals surface area contributed by atoms with Crippen molar-refractivity contribution < 1.29 is 41.5 Å². The van der Waals surface area contributed by atoms with Gasteiger partial charge < -0.3 is 15.2 Å². The van der Waals surface area contributed by atoms with Crippen molar-refractivity contribution >= 4 is 11.9 Å². The Hall–Kier alpha value is -4.00. The molecule has 1 aromatic rings. The van der Waals surface area contributed by atoms with E-state index in [4.69, 9.17) is 9.84 Å². The van der Waals surface area contributed by atoms with E-state index in [0.717, 1.165) is 28.4 Å². The SMILES string of the molecule is C\C=C/C(=C\C=C\C(=O)O)[C@H](C)NC(=O)c1c(C(F)NF)nn(C)c1OC1=CC=C(C(F)(F)F)CC(C)=C1. The quantitative estimate of drug-likeness (QED) is 0.123. The molecule has 0 saturated heterocycles. The molecule has 0 saturated carbocycles. The third-order valence-electron chi connectivity index (χ3n) is 5.20. The highest BCUT2D eigenvalue weighted by atomic mass is 19.4. The van der Waals surface area contributed by atoms with Crippen LogP contribution in [0.1, 0.15) is 49.5 Å². The summed E-state index contributed by atoms with van der Waals surface area (Å²) >= 11 is 0. The van der Waals surface area contributed by atoms with Gasteiger partial charge in [-0.15, -0.1) is 10.0 Å². The summed E-state index contributed by atoms with van der Waals surface area (Å²) in [7, 11) is 1.29. The first-order chi connectivity index (χ1) is 17.8. The molecule has 13 heteroatoms. The van der Waals surface area contributed by atoms with Crippen LogP contribution in [0.15, 0.2) is 71.1 Å². The molecule has 1 aromatic heterocycles. The summed E-state index contributed by atoms with van der Waals surface area (Å²) in [5, 5.41) is 15.2. The minimum Gasteiger partial charge on any atom is -0.478 e. The number of hydrogen-bond donors (Lipinski definition) is 3. The molecule has 0 radical (unpaired) electrons. The summed E-state index contributed by atoms with van der Waals surface area (Å²) in [6, 6.07) is -0.744. The van der Waals surface area contributed by atoms with Crippen molar-refractivity contribution in [1.29, 1.82) is 0 Å². The molecule has 3 N–H and O–H groups in total. The van der Waals surface area contributed by atoms with Crippen LogP contribution in [0.3, 0.4) is 0 Å². The Labute approximate surface area is 215 Å². The van der Waals surface area contributed by atoms with Crippen LogP contribution in [-0.4, -0.2) is 39.0 Å². The zero-order chi connectivity index (χ0) is 28.6. The zero-order valence-corrected chi connectivity index (χ0v) is 20.9. The number of carbonyl (C=O) groups is 2. The number of ether oxygens (including phenoxy) is 1. The van der Waals surface area contributed by atoms with Crippen LogP contribution < -0.4 is 15.6 Å². The van der Waals surface area contributed by atoms with Crippen molar-refractivity contribution in [3.05, 3.63) is 82.3 Å². The van der Waals surface area contributed by atoms with Crippen LogP contribution in [-0.2, 0) is 11.8 Å². The number of aryl methyl sites for hydroxylation is 1. The van der Waals surface area contributed by atoms with E-state index in [0.29, 0.717) is 11.1 Å². The van der Waals surface area contributed by atoms with Crippen molar-refractivity contribution in [2.45, 2.75) is 45.7 Å². The van der Waals surface area contributed by atoms with Gasteiger partial charge in [-0.05, 0) is 44.9 Å². The van der Waals surface area contributed by atoms with Crippen LogP contribution in [0.4, 0.5) is 22.0 Å². The Morgan fingerprint density at radius 2 is 1.95 bits per heavy atom. The van der Waals surface area contributed by atoms with Crippen LogP contribution in [0.5, 0.6) is 5.88 Å². The number of nitrogens with zero attached hydrogens (tertiary/aromatic N) is 2. The Kier molecular flexibility index (Phi) is 10.3. The fraction of sp³-hybridized carbons (Fsp3) is 0.320. The molecule has 0 aromatic carbocycles. The Morgan fingerprint density at radius 1 is 1.26 bits per heavy atom. The highest BCUT2D eigenvalue weighted by Crippen LogP contribution is 2.34. The van der Waals surface area contributed by atoms with E-state index in [1.54, 1.807) is 26.0 Å². The number of carbonyl (C=O) groups excluding carboxylic acids is 1. The number of aliphatic carboxylic acids is 1. The lowest BCUT2D eigenvalue weighted by molar-refractivity contribution is -0.131. The molecule has 1 amide bonds. The molecule has 2 atom stereocenters. The largest absolute Gasteiger partial charge is 0.478 e. The van der Waals surface area contributed by atoms with Crippen LogP contribution in [0, 0.1) is 0 Å². The summed E-state index contributed by atoms with van der Waals surface area (Å²) in [5.41, 5.74) is -0.307. The van der Waals surface area contributed by atoms with E-state index >= 15 is 0 Å². The van der Waals surface area contributed by atoms with Crippen LogP contribution >= 0.6 is 0 Å². The summed E-state index contributed by atoms with van der Waals surface area (Å²) < 4.78 is 73.7. The smallest absolute Gasteiger partial charge is 0.413 e. The fourth-order valence-corrected chi connectivity index (χ4v) is 3.47. The van der Waals surface area contributed by atoms with Gasteiger partial charge in [0.05, 0.1) is 6.04 Å². The normalized spacial score (nSPS) is 16.6. The topological polar surface area (TPSA) is 105 Å². The average Bonchev–Trinajstić information content (AvgIpc) is 3.01. The summed E-state index contributed by atoms with van der Waals surface area (Å²) in [4.78, 5) is 24.0. The maximum atomic E-state index is 14.4. The maximum absolute atomic E-state index is 14.4. The second kappa shape index (κ2) is 13.0. The van der Waals surface area contributed by atoms with Gasteiger partial charge >= 0.3 is 12.1 Å². The molecule has 0 fully saturated rings. The lowest BCUT2D eigenvalue weighted by Crippen LogP contribution is -2.34. The highest BCUT2D eigenvalue weighted by molar-refractivity contribution is 5.98. The maximum Gasteiger partial charge on any atom is 0.413 e. The minimum atomic E-state index is -4.56. The van der Waals surface area contributed by atoms with Crippen molar-refractivity contribution in [1.82, 2.24) is 20.6 Å². The van der Waals surface area contributed by atoms with Gasteiger partial charge in [0.25, 0.3) is 5.91 Å². The molecule has 0 spiro atoms. The number of nitrogens with one attached hydrogen (secondary N) is 2. The number of allylic oxidation sites excluding steroid dienone is 8. The van der Waals surface area contributed by atoms with Crippen molar-refractivity contribution in [2.75, 3.05) is 0 Å². The lowest BCUT2D eigenvalue weighted by atomic mass is 10.1. The Balaban J connectivity index is 2.50. The molecule has 38 heavy (non-hydrogen) atoms. The second-order valence-corrected chi connectivity index (χ2v) is 8.25. The van der Waals surface area contributed by atoms with E-state index in [1.165, 1.54) is 32.2 Å². The van der Waals surface area contributed by atoms with Gasteiger partial charge in [0.15, 0.2) is 0 Å². The lowest BCUT2D eigenvalue weighted by Gasteiger charge is -2.17. The Bertz CT molecular complexity index is 1240. The monoisotopic (exact) mass is 542 g/mol. The molecular formula is C25H27F5N4O4. The first kappa shape index (κ1) is 30.2. The van der Waals surface area contributed by atoms with E-state index in [-0.39, 0.29) is 18.1 Å². The molecule has 1 unspecified atom stereocenters. The predicted molar refractivity (Wildman–Crippen MR) is 129 cm³/mol. The number of amides is 1. The molecule has 1 heterocycles. The van der Waals surface area contributed by atoms with Gasteiger partial charge in [0.1, 0.15) is 17.0 Å². The summed E-state index contributed by atoms with van der Waals surface area (Å²) in [5.74, 6) is -2.53. The molecular weight excluding hydrogens is 515 g/mol. The third kappa shape index (κ3) is 8.00. The standard InChI is InChI=1S/C25H27F5N4O4/c1-5-7-16(8-6-9-19(35)36)15(3)31-23(37)20-21(22(26)32-30)33-34(4)24(20)38-18-11-10-17(25(27,28)29)12-14(2)13-18/h5-11,13,15,22,32H,12H2,1-4H3,(H,31,37)(H,35,36)/b7-5-,9-6+,16-8+/t15-,22?/m0/s1. The third-order valence-corrected chi connectivity index (χ3v) is 5.20. The van der Waals surface area contributed by atoms with E-state index in [9.17, 15) is 31.6 Å². The van der Waals surface area contributed by atoms with Gasteiger partial charge in [-0.3, -0.25) is 4.79 Å². The number of carboxylic acids is 1. The summed E-state index contributed by atoms with van der Waals surface area (Å²) in [6.07, 6.45) is 2.59. The van der Waals surface area contributed by atoms with Crippen LogP contribution in [0.25, 0.3) is 0 Å². The number of hydrogen-bond acceptors (Lipinski definition) is 5. The molecule has 1 aliphatic rings. The number of aromatic nitrogens is 2. The molecule has 1 aliphatic carbocycles. The van der Waals surface area contributed by atoms with Crippen molar-refractivity contribution in [2.24, 2.45) is 7.05 Å². The zero-order valence-electron chi connectivity index (χ0n) is 20.9. The second-order valence-electron chi connectivity index (χ2n) is 8.25. The van der Waals surface area contributed by atoms with Gasteiger partial charge in [-0.25, -0.2) is 13.9 Å². The van der Waals surface area contributed by atoms with Gasteiger partial charge in [-0.1, -0.05) is 36.0 Å². The number of alkyl halides is 4. The highest BCUT2D eigenvalue weighted by Gasteiger charge is 2.34. The van der Waals surface area contributed by atoms with Crippen molar-refractivity contribution in [3.8, 4) is 5.88 Å². The van der Waals surface area contributed by atoms with E-state index < -0.39 is 47.2 Å². The predicted octanol–water partition coefficient (Wildman–Crippen LogP) is 5.23.